The number of carbonyl (C=O) groups is 1. The summed E-state index contributed by atoms with van der Waals surface area (Å²) in [7, 11) is 0. The van der Waals surface area contributed by atoms with Gasteiger partial charge in [0.15, 0.2) is 0 Å². The summed E-state index contributed by atoms with van der Waals surface area (Å²) in [5.41, 5.74) is 2.14. The van der Waals surface area contributed by atoms with Crippen molar-refractivity contribution in [2.45, 2.75) is 32.9 Å². The van der Waals surface area contributed by atoms with Gasteiger partial charge in [0, 0.05) is 19.3 Å². The Morgan fingerprint density at radius 3 is 3.12 bits per heavy atom. The van der Waals surface area contributed by atoms with Gasteiger partial charge in [0.25, 0.3) is 0 Å². The van der Waals surface area contributed by atoms with E-state index in [4.69, 9.17) is 0 Å². The first-order chi connectivity index (χ1) is 8.22. The van der Waals surface area contributed by atoms with Crippen molar-refractivity contribution >= 4 is 5.91 Å². The van der Waals surface area contributed by atoms with Crippen molar-refractivity contribution in [3.05, 3.63) is 29.6 Å². The fraction of sp³-hybridized carbons (Fsp3) is 0.538. The van der Waals surface area contributed by atoms with Gasteiger partial charge in [-0.2, -0.15) is 0 Å². The minimum Gasteiger partial charge on any atom is -0.334 e. The van der Waals surface area contributed by atoms with Crippen LogP contribution in [0.1, 0.15) is 24.6 Å². The van der Waals surface area contributed by atoms with Gasteiger partial charge >= 0.3 is 0 Å². The molecule has 0 saturated carbocycles. The highest BCUT2D eigenvalue weighted by atomic mass is 16.2. The molecule has 0 spiro atoms. The summed E-state index contributed by atoms with van der Waals surface area (Å²) in [6.45, 7) is 6.34. The van der Waals surface area contributed by atoms with E-state index in [-0.39, 0.29) is 11.9 Å². The topological polar surface area (TPSA) is 45.2 Å². The van der Waals surface area contributed by atoms with E-state index in [1.165, 1.54) is 0 Å². The molecule has 17 heavy (non-hydrogen) atoms. The molecule has 1 aromatic heterocycles. The molecular formula is C13H19N3O. The van der Waals surface area contributed by atoms with Gasteiger partial charge in [-0.15, -0.1) is 0 Å². The van der Waals surface area contributed by atoms with Gasteiger partial charge in [-0.1, -0.05) is 13.0 Å². The molecule has 4 heteroatoms. The lowest BCUT2D eigenvalue weighted by molar-refractivity contribution is -0.136. The third-order valence-electron chi connectivity index (χ3n) is 3.25. The quantitative estimate of drug-likeness (QED) is 0.850. The number of hydrogen-bond donors (Lipinski definition) is 1. The molecule has 4 nitrogen and oxygen atoms in total. The van der Waals surface area contributed by atoms with Crippen molar-refractivity contribution in [2.24, 2.45) is 0 Å². The van der Waals surface area contributed by atoms with E-state index in [1.807, 2.05) is 30.9 Å². The maximum absolute atomic E-state index is 12.1. The average molecular weight is 233 g/mol. The lowest BCUT2D eigenvalue weighted by atomic mass is 10.1. The zero-order valence-corrected chi connectivity index (χ0v) is 10.4. The molecule has 2 heterocycles. The summed E-state index contributed by atoms with van der Waals surface area (Å²) in [5.74, 6) is 0.198. The smallest absolute Gasteiger partial charge is 0.240 e. The van der Waals surface area contributed by atoms with Crippen LogP contribution in [0.3, 0.4) is 0 Å². The lowest BCUT2D eigenvalue weighted by Crippen LogP contribution is -2.54. The first-order valence-corrected chi connectivity index (χ1v) is 6.15. The maximum atomic E-state index is 12.1. The molecule has 0 bridgehead atoms. The fourth-order valence-electron chi connectivity index (χ4n) is 2.13. The van der Waals surface area contributed by atoms with Gasteiger partial charge in [0.2, 0.25) is 5.91 Å². The summed E-state index contributed by atoms with van der Waals surface area (Å²) >= 11 is 0. The van der Waals surface area contributed by atoms with Crippen molar-refractivity contribution in [3.63, 3.8) is 0 Å². The first-order valence-electron chi connectivity index (χ1n) is 6.15. The number of piperazine rings is 1. The van der Waals surface area contributed by atoms with Gasteiger partial charge in [-0.05, 0) is 25.0 Å². The lowest BCUT2D eigenvalue weighted by Gasteiger charge is -2.32. The summed E-state index contributed by atoms with van der Waals surface area (Å²) in [6.07, 6.45) is 2.63. The van der Waals surface area contributed by atoms with Crippen LogP contribution in [0, 0.1) is 6.92 Å². The van der Waals surface area contributed by atoms with Crippen LogP contribution in [-0.4, -0.2) is 34.9 Å². The Kier molecular flexibility index (Phi) is 3.74. The number of nitrogens with one attached hydrogen (secondary N) is 1. The Balaban J connectivity index is 2.08. The maximum Gasteiger partial charge on any atom is 0.240 e. The largest absolute Gasteiger partial charge is 0.334 e. The van der Waals surface area contributed by atoms with Crippen LogP contribution in [0.2, 0.25) is 0 Å². The molecule has 1 saturated heterocycles. The fourth-order valence-corrected chi connectivity index (χ4v) is 2.13. The molecule has 1 amide bonds. The van der Waals surface area contributed by atoms with Gasteiger partial charge in [-0.25, -0.2) is 0 Å². The van der Waals surface area contributed by atoms with Crippen LogP contribution < -0.4 is 5.32 Å². The summed E-state index contributed by atoms with van der Waals surface area (Å²) in [4.78, 5) is 18.4. The number of aryl methyl sites for hydroxylation is 1. The summed E-state index contributed by atoms with van der Waals surface area (Å²) in [5, 5.41) is 3.24. The molecule has 0 radical (unpaired) electrons. The first kappa shape index (κ1) is 12.0. The second-order valence-corrected chi connectivity index (χ2v) is 4.44. The van der Waals surface area contributed by atoms with E-state index in [0.29, 0.717) is 6.54 Å². The number of rotatable bonds is 3. The number of amides is 1. The van der Waals surface area contributed by atoms with Crippen LogP contribution >= 0.6 is 0 Å². The molecule has 1 unspecified atom stereocenters. The zero-order valence-electron chi connectivity index (χ0n) is 10.4. The Morgan fingerprint density at radius 2 is 2.41 bits per heavy atom. The van der Waals surface area contributed by atoms with Gasteiger partial charge in [0.1, 0.15) is 0 Å². The van der Waals surface area contributed by atoms with Crippen molar-refractivity contribution < 1.29 is 4.79 Å². The molecule has 1 atom stereocenters. The third-order valence-corrected chi connectivity index (χ3v) is 3.25. The minimum atomic E-state index is -0.0206. The monoisotopic (exact) mass is 233 g/mol. The van der Waals surface area contributed by atoms with Crippen LogP contribution in [0.4, 0.5) is 0 Å². The summed E-state index contributed by atoms with van der Waals surface area (Å²) in [6, 6.07) is 3.94. The van der Waals surface area contributed by atoms with Crippen LogP contribution in [0.15, 0.2) is 18.3 Å². The van der Waals surface area contributed by atoms with Crippen LogP contribution in [0.5, 0.6) is 0 Å². The highest BCUT2D eigenvalue weighted by Gasteiger charge is 2.27. The normalized spacial score (nSPS) is 20.7. The van der Waals surface area contributed by atoms with E-state index >= 15 is 0 Å². The van der Waals surface area contributed by atoms with Crippen molar-refractivity contribution in [2.75, 3.05) is 13.1 Å². The Bertz CT molecular complexity index is 405. The van der Waals surface area contributed by atoms with Crippen molar-refractivity contribution in [3.8, 4) is 0 Å². The number of hydrogen-bond acceptors (Lipinski definition) is 3. The molecular weight excluding hydrogens is 214 g/mol. The van der Waals surface area contributed by atoms with E-state index in [2.05, 4.69) is 10.3 Å². The van der Waals surface area contributed by atoms with E-state index in [0.717, 1.165) is 30.8 Å². The SMILES string of the molecule is CCC1NCCN(Cc2ncccc2C)C1=O. The number of pyridine rings is 1. The molecule has 1 aliphatic rings. The number of nitrogens with zero attached hydrogens (tertiary/aromatic N) is 2. The molecule has 1 aliphatic heterocycles. The van der Waals surface area contributed by atoms with Gasteiger partial charge in [-0.3, -0.25) is 9.78 Å². The molecule has 0 aliphatic carbocycles. The van der Waals surface area contributed by atoms with E-state index in [1.54, 1.807) is 6.20 Å². The Morgan fingerprint density at radius 1 is 1.59 bits per heavy atom. The van der Waals surface area contributed by atoms with Gasteiger partial charge < -0.3 is 10.2 Å². The molecule has 1 fully saturated rings. The van der Waals surface area contributed by atoms with Crippen molar-refractivity contribution in [1.82, 2.24) is 15.2 Å². The summed E-state index contributed by atoms with van der Waals surface area (Å²) < 4.78 is 0. The standard InChI is InChI=1S/C13H19N3O/c1-3-11-13(17)16(8-7-15-11)9-12-10(2)5-4-6-14-12/h4-6,11,15H,3,7-9H2,1-2H3. The molecule has 92 valence electrons. The third kappa shape index (κ3) is 2.64. The van der Waals surface area contributed by atoms with Gasteiger partial charge in [0.05, 0.1) is 18.3 Å². The highest BCUT2D eigenvalue weighted by Crippen LogP contribution is 2.11. The zero-order chi connectivity index (χ0) is 12.3. The second kappa shape index (κ2) is 5.27. The molecule has 0 aromatic carbocycles. The highest BCUT2D eigenvalue weighted by molar-refractivity contribution is 5.82. The predicted octanol–water partition coefficient (Wildman–Crippen LogP) is 1.10. The van der Waals surface area contributed by atoms with E-state index in [9.17, 15) is 4.79 Å². The number of aromatic nitrogens is 1. The van der Waals surface area contributed by atoms with Crippen LogP contribution in [0.25, 0.3) is 0 Å². The van der Waals surface area contributed by atoms with Crippen LogP contribution in [-0.2, 0) is 11.3 Å². The minimum absolute atomic E-state index is 0.0206. The Hall–Kier alpha value is -1.42. The predicted molar refractivity (Wildman–Crippen MR) is 66.5 cm³/mol. The Labute approximate surface area is 102 Å². The van der Waals surface area contributed by atoms with E-state index < -0.39 is 0 Å². The average Bonchev–Trinajstić information content (AvgIpc) is 2.34. The molecule has 1 N–H and O–H groups in total. The molecule has 1 aromatic rings. The number of carbonyl (C=O) groups excluding carboxylic acids is 1. The van der Waals surface area contributed by atoms with Crippen molar-refractivity contribution in [1.29, 1.82) is 0 Å². The molecule has 2 rings (SSSR count). The second-order valence-electron chi connectivity index (χ2n) is 4.44.